The van der Waals surface area contributed by atoms with Crippen molar-refractivity contribution in [1.29, 1.82) is 0 Å². The number of halogens is 3. The van der Waals surface area contributed by atoms with E-state index < -0.39 is 27.7 Å². The number of hydrogen-bond acceptors (Lipinski definition) is 6. The van der Waals surface area contributed by atoms with Crippen molar-refractivity contribution in [1.82, 2.24) is 9.79 Å². The summed E-state index contributed by atoms with van der Waals surface area (Å²) in [5, 5.41) is 10.2. The second-order valence-electron chi connectivity index (χ2n) is 6.81. The molecule has 1 amide bonds. The maximum absolute atomic E-state index is 13.1. The molecule has 0 atom stereocenters. The highest BCUT2D eigenvalue weighted by molar-refractivity contribution is 7.89. The molecule has 31 heavy (non-hydrogen) atoms. The number of nitrogens with one attached hydrogen (secondary N) is 1. The van der Waals surface area contributed by atoms with E-state index in [-0.39, 0.29) is 22.9 Å². The third-order valence-corrected chi connectivity index (χ3v) is 9.03. The molecule has 6 nitrogen and oxygen atoms in total. The molecule has 0 saturated carbocycles. The Morgan fingerprint density at radius 2 is 1.97 bits per heavy atom. The summed E-state index contributed by atoms with van der Waals surface area (Å²) >= 11 is 2.26. The van der Waals surface area contributed by atoms with E-state index in [4.69, 9.17) is 5.21 Å². The number of rotatable bonds is 4. The zero-order valence-corrected chi connectivity index (χ0v) is 18.1. The molecular formula is C19H15F3N2O4S3. The van der Waals surface area contributed by atoms with Crippen LogP contribution in [0.2, 0.25) is 0 Å². The fraction of sp³-hybridized carbons (Fsp3) is 0.211. The first kappa shape index (κ1) is 22.0. The van der Waals surface area contributed by atoms with Crippen LogP contribution in [0.5, 0.6) is 0 Å². The number of nitrogens with zero attached hydrogens (tertiary/aromatic N) is 1. The standard InChI is InChI=1S/C19H15F3N2O4S3/c20-19(21,22)13-3-1-2-11(6-13)16-8-14(10-29-16)31(27,28)24-5-4-15-12(9-24)7-17(30-15)18(25)23-26/h1-3,6-8,10,26H,4-5,9H2,(H,23,25). The lowest BCUT2D eigenvalue weighted by Crippen LogP contribution is -2.35. The molecule has 4 rings (SSSR count). The topological polar surface area (TPSA) is 86.7 Å². The van der Waals surface area contributed by atoms with E-state index in [2.05, 4.69) is 0 Å². The van der Waals surface area contributed by atoms with E-state index in [0.717, 1.165) is 28.3 Å². The number of carbonyl (C=O) groups is 1. The highest BCUT2D eigenvalue weighted by Crippen LogP contribution is 2.37. The molecule has 1 aromatic carbocycles. The Labute approximate surface area is 183 Å². The molecule has 2 aromatic heterocycles. The van der Waals surface area contributed by atoms with Crippen molar-refractivity contribution in [3.05, 3.63) is 62.7 Å². The Morgan fingerprint density at radius 3 is 2.68 bits per heavy atom. The Balaban J connectivity index is 1.59. The summed E-state index contributed by atoms with van der Waals surface area (Å²) in [6.45, 7) is 0.284. The van der Waals surface area contributed by atoms with Crippen molar-refractivity contribution < 1.29 is 31.6 Å². The summed E-state index contributed by atoms with van der Waals surface area (Å²) in [6.07, 6.45) is -4.07. The summed E-state index contributed by atoms with van der Waals surface area (Å²) in [6, 6.07) is 7.68. The van der Waals surface area contributed by atoms with Gasteiger partial charge in [-0.05, 0) is 41.8 Å². The summed E-state index contributed by atoms with van der Waals surface area (Å²) in [4.78, 5) is 13.2. The van der Waals surface area contributed by atoms with E-state index in [1.807, 2.05) is 0 Å². The number of amides is 1. The summed E-state index contributed by atoms with van der Waals surface area (Å²) in [5.74, 6) is -0.655. The molecule has 0 bridgehead atoms. The first-order valence-corrected chi connectivity index (χ1v) is 12.1. The number of carbonyl (C=O) groups excluding carboxylic acids is 1. The predicted molar refractivity (Wildman–Crippen MR) is 110 cm³/mol. The largest absolute Gasteiger partial charge is 0.416 e. The molecule has 0 spiro atoms. The molecule has 164 valence electrons. The first-order valence-electron chi connectivity index (χ1n) is 8.92. The molecule has 1 aliphatic heterocycles. The van der Waals surface area contributed by atoms with Crippen LogP contribution < -0.4 is 5.48 Å². The minimum Gasteiger partial charge on any atom is -0.288 e. The van der Waals surface area contributed by atoms with Gasteiger partial charge in [-0.3, -0.25) is 10.0 Å². The lowest BCUT2D eigenvalue weighted by molar-refractivity contribution is -0.137. The maximum Gasteiger partial charge on any atom is 0.416 e. The van der Waals surface area contributed by atoms with Gasteiger partial charge in [0.1, 0.15) is 0 Å². The third kappa shape index (κ3) is 4.26. The van der Waals surface area contributed by atoms with Gasteiger partial charge in [-0.25, -0.2) is 13.9 Å². The number of thiophene rings is 2. The average molecular weight is 489 g/mol. The SMILES string of the molecule is O=C(NO)c1cc2c(s1)CCN(S(=O)(=O)c1csc(-c3cccc(C(F)(F)F)c3)c1)C2. The molecule has 0 unspecified atom stereocenters. The molecule has 3 heterocycles. The van der Waals surface area contributed by atoms with Gasteiger partial charge >= 0.3 is 6.18 Å². The van der Waals surface area contributed by atoms with Gasteiger partial charge < -0.3 is 0 Å². The van der Waals surface area contributed by atoms with Gasteiger partial charge in [0.15, 0.2) is 0 Å². The van der Waals surface area contributed by atoms with E-state index in [1.54, 1.807) is 11.5 Å². The average Bonchev–Trinajstić information content (AvgIpc) is 3.40. The molecule has 1 aliphatic rings. The monoisotopic (exact) mass is 488 g/mol. The van der Waals surface area contributed by atoms with Crippen molar-refractivity contribution in [3.8, 4) is 10.4 Å². The van der Waals surface area contributed by atoms with Crippen LogP contribution in [0.1, 0.15) is 25.7 Å². The number of alkyl halides is 3. The smallest absolute Gasteiger partial charge is 0.288 e. The van der Waals surface area contributed by atoms with E-state index in [9.17, 15) is 26.4 Å². The fourth-order valence-corrected chi connectivity index (χ4v) is 7.02. The van der Waals surface area contributed by atoms with Gasteiger partial charge in [0.25, 0.3) is 5.91 Å². The van der Waals surface area contributed by atoms with Crippen molar-refractivity contribution in [2.24, 2.45) is 0 Å². The first-order chi connectivity index (χ1) is 14.6. The van der Waals surface area contributed by atoms with Gasteiger partial charge in [-0.15, -0.1) is 22.7 Å². The van der Waals surface area contributed by atoms with Crippen molar-refractivity contribution in [2.45, 2.75) is 24.0 Å². The second kappa shape index (κ2) is 8.02. The Morgan fingerprint density at radius 1 is 1.19 bits per heavy atom. The van der Waals surface area contributed by atoms with Gasteiger partial charge in [-0.1, -0.05) is 12.1 Å². The zero-order valence-electron chi connectivity index (χ0n) is 15.6. The Bertz CT molecular complexity index is 1250. The second-order valence-corrected chi connectivity index (χ2v) is 10.8. The molecule has 2 N–H and O–H groups in total. The van der Waals surface area contributed by atoms with Crippen LogP contribution in [-0.4, -0.2) is 30.4 Å². The molecule has 0 aliphatic carbocycles. The minimum atomic E-state index is -4.49. The highest BCUT2D eigenvalue weighted by atomic mass is 32.2. The number of benzene rings is 1. The molecule has 3 aromatic rings. The quantitative estimate of drug-likeness (QED) is 0.422. The van der Waals surface area contributed by atoms with E-state index >= 15 is 0 Å². The lowest BCUT2D eigenvalue weighted by Gasteiger charge is -2.25. The lowest BCUT2D eigenvalue weighted by atomic mass is 10.1. The van der Waals surface area contributed by atoms with Crippen LogP contribution in [0.3, 0.4) is 0 Å². The summed E-state index contributed by atoms with van der Waals surface area (Å²) < 4.78 is 66.4. The molecule has 12 heteroatoms. The van der Waals surface area contributed by atoms with E-state index in [0.29, 0.717) is 22.4 Å². The fourth-order valence-electron chi connectivity index (χ4n) is 3.28. The van der Waals surface area contributed by atoms with Crippen LogP contribution in [0.25, 0.3) is 10.4 Å². The minimum absolute atomic E-state index is 0.0110. The van der Waals surface area contributed by atoms with Crippen molar-refractivity contribution in [3.63, 3.8) is 0 Å². The van der Waals surface area contributed by atoms with Crippen molar-refractivity contribution >= 4 is 38.6 Å². The summed E-state index contributed by atoms with van der Waals surface area (Å²) in [5.41, 5.74) is 1.74. The molecule has 0 radical (unpaired) electrons. The van der Waals surface area contributed by atoms with Crippen LogP contribution in [0.4, 0.5) is 13.2 Å². The number of hydroxylamine groups is 1. The van der Waals surface area contributed by atoms with Gasteiger partial charge in [0, 0.05) is 28.2 Å². The third-order valence-electron chi connectivity index (χ3n) is 4.84. The van der Waals surface area contributed by atoms with Crippen LogP contribution >= 0.6 is 22.7 Å². The molecule has 0 fully saturated rings. The number of hydrogen-bond donors (Lipinski definition) is 2. The van der Waals surface area contributed by atoms with Crippen molar-refractivity contribution in [2.75, 3.05) is 6.54 Å². The predicted octanol–water partition coefficient (Wildman–Crippen LogP) is 4.36. The van der Waals surface area contributed by atoms with Gasteiger partial charge in [-0.2, -0.15) is 17.5 Å². The van der Waals surface area contributed by atoms with Crippen LogP contribution in [0.15, 0.2) is 46.7 Å². The van der Waals surface area contributed by atoms with Gasteiger partial charge in [0.2, 0.25) is 10.0 Å². The van der Waals surface area contributed by atoms with Gasteiger partial charge in [0.05, 0.1) is 15.3 Å². The molecular weight excluding hydrogens is 473 g/mol. The number of sulfonamides is 1. The van der Waals surface area contributed by atoms with E-state index in [1.165, 1.54) is 39.2 Å². The Kier molecular flexibility index (Phi) is 5.68. The maximum atomic E-state index is 13.1. The van der Waals surface area contributed by atoms with Crippen LogP contribution in [-0.2, 0) is 29.2 Å². The zero-order chi connectivity index (χ0) is 22.4. The molecule has 0 saturated heterocycles. The number of fused-ring (bicyclic) bond motifs is 1. The normalized spacial score (nSPS) is 15.0. The highest BCUT2D eigenvalue weighted by Gasteiger charge is 2.32. The Hall–Kier alpha value is -2.25. The van der Waals surface area contributed by atoms with Crippen LogP contribution in [0, 0.1) is 0 Å². The summed E-state index contributed by atoms with van der Waals surface area (Å²) in [7, 11) is -3.87.